The number of aromatic amines is 1. The summed E-state index contributed by atoms with van der Waals surface area (Å²) in [6, 6.07) is 14.6. The first-order chi connectivity index (χ1) is 16.3. The topological polar surface area (TPSA) is 116 Å². The predicted molar refractivity (Wildman–Crippen MR) is 130 cm³/mol. The highest BCUT2D eigenvalue weighted by Crippen LogP contribution is 2.40. The normalized spacial score (nSPS) is 21.4. The highest BCUT2D eigenvalue weighted by molar-refractivity contribution is 6.42. The Morgan fingerprint density at radius 1 is 1.00 bits per heavy atom. The number of nitrogens with one attached hydrogen (secondary N) is 1. The molecule has 10 heteroatoms. The van der Waals surface area contributed by atoms with Crippen LogP contribution in [-0.2, 0) is 9.59 Å². The smallest absolute Gasteiger partial charge is 0.328 e. The first kappa shape index (κ1) is 23.9. The van der Waals surface area contributed by atoms with Crippen molar-refractivity contribution in [2.75, 3.05) is 4.90 Å². The first-order valence-corrected chi connectivity index (χ1v) is 11.5. The second kappa shape index (κ2) is 10.4. The predicted octanol–water partition coefficient (Wildman–Crippen LogP) is 5.16. The molecule has 8 nitrogen and oxygen atoms in total. The van der Waals surface area contributed by atoms with Gasteiger partial charge in [-0.25, -0.2) is 14.6 Å². The largest absolute Gasteiger partial charge is 0.490 e. The lowest BCUT2D eigenvalue weighted by Crippen LogP contribution is -2.47. The zero-order valence-electron chi connectivity index (χ0n) is 18.0. The van der Waals surface area contributed by atoms with Crippen LogP contribution in [0.4, 0.5) is 5.95 Å². The molecular formula is C24H23Cl2N3O5. The highest BCUT2D eigenvalue weighted by atomic mass is 35.5. The number of ether oxygens (including phenoxy) is 1. The summed E-state index contributed by atoms with van der Waals surface area (Å²) in [6.07, 6.45) is 5.67. The summed E-state index contributed by atoms with van der Waals surface area (Å²) in [4.78, 5) is 29.9. The van der Waals surface area contributed by atoms with Gasteiger partial charge in [0.25, 0.3) is 0 Å². The molecule has 3 heterocycles. The fourth-order valence-electron chi connectivity index (χ4n) is 4.52. The van der Waals surface area contributed by atoms with E-state index in [2.05, 4.69) is 22.0 Å². The molecule has 2 fully saturated rings. The van der Waals surface area contributed by atoms with E-state index in [1.54, 1.807) is 12.1 Å². The summed E-state index contributed by atoms with van der Waals surface area (Å²) in [5.41, 5.74) is 2.12. The molecule has 0 spiro atoms. The van der Waals surface area contributed by atoms with E-state index >= 15 is 0 Å². The number of para-hydroxylation sites is 2. The van der Waals surface area contributed by atoms with Crippen molar-refractivity contribution in [2.45, 2.75) is 43.9 Å². The third-order valence-corrected chi connectivity index (χ3v) is 6.61. The number of carboxylic acid groups (broad SMARTS) is 2. The summed E-state index contributed by atoms with van der Waals surface area (Å²) in [5, 5.41) is 16.7. The van der Waals surface area contributed by atoms with Gasteiger partial charge in [0.15, 0.2) is 0 Å². The number of nitrogens with zero attached hydrogens (tertiary/aromatic N) is 2. The second-order valence-electron chi connectivity index (χ2n) is 8.17. The monoisotopic (exact) mass is 503 g/mol. The number of benzene rings is 2. The number of aliphatic carboxylic acids is 2. The number of imidazole rings is 1. The Labute approximate surface area is 205 Å². The van der Waals surface area contributed by atoms with Crippen molar-refractivity contribution >= 4 is 52.1 Å². The maximum absolute atomic E-state index is 9.55. The van der Waals surface area contributed by atoms with Gasteiger partial charge in [-0.05, 0) is 37.1 Å². The van der Waals surface area contributed by atoms with Gasteiger partial charge >= 0.3 is 11.9 Å². The van der Waals surface area contributed by atoms with Crippen LogP contribution in [0.15, 0.2) is 54.6 Å². The maximum Gasteiger partial charge on any atom is 0.328 e. The molecule has 0 amide bonds. The minimum Gasteiger partial charge on any atom is -0.490 e. The van der Waals surface area contributed by atoms with Gasteiger partial charge in [0.05, 0.1) is 21.1 Å². The van der Waals surface area contributed by atoms with E-state index in [0.717, 1.165) is 35.6 Å². The summed E-state index contributed by atoms with van der Waals surface area (Å²) < 4.78 is 6.21. The lowest BCUT2D eigenvalue weighted by Gasteiger charge is -2.38. The number of H-pyrrole nitrogens is 1. The number of halogens is 2. The van der Waals surface area contributed by atoms with Crippen molar-refractivity contribution < 1.29 is 24.5 Å². The number of hydrogen-bond acceptors (Lipinski definition) is 5. The van der Waals surface area contributed by atoms with Gasteiger partial charge < -0.3 is 24.8 Å². The fourth-order valence-corrected chi connectivity index (χ4v) is 4.80. The van der Waals surface area contributed by atoms with Crippen LogP contribution in [0, 0.1) is 0 Å². The lowest BCUT2D eigenvalue weighted by atomic mass is 10.00. The second-order valence-corrected chi connectivity index (χ2v) is 8.98. The molecule has 3 aromatic rings. The molecule has 2 atom stereocenters. The van der Waals surface area contributed by atoms with Crippen molar-refractivity contribution in [3.8, 4) is 5.75 Å². The molecule has 178 valence electrons. The Morgan fingerprint density at radius 3 is 2.24 bits per heavy atom. The number of anilines is 1. The summed E-state index contributed by atoms with van der Waals surface area (Å²) in [6.45, 7) is 0. The Bertz CT molecular complexity index is 1170. The Balaban J connectivity index is 0.000000297. The number of piperidine rings is 1. The molecule has 3 N–H and O–H groups in total. The molecule has 2 unspecified atom stereocenters. The van der Waals surface area contributed by atoms with Gasteiger partial charge in [0, 0.05) is 43.1 Å². The Morgan fingerprint density at radius 2 is 1.65 bits per heavy atom. The highest BCUT2D eigenvalue weighted by Gasteiger charge is 2.43. The molecule has 0 saturated carbocycles. The Hall–Kier alpha value is -3.23. The molecule has 2 aliphatic rings. The average Bonchev–Trinajstić information content (AvgIpc) is 3.33. The van der Waals surface area contributed by atoms with Gasteiger partial charge in [-0.15, -0.1) is 0 Å². The zero-order valence-corrected chi connectivity index (χ0v) is 19.5. The molecule has 5 rings (SSSR count). The number of aromatic nitrogens is 2. The van der Waals surface area contributed by atoms with Crippen LogP contribution in [0.2, 0.25) is 10.0 Å². The SMILES string of the molecule is Clc1ccc(OC2CC3CCC(C2)N3c2nc3ccccc3[nH]2)cc1Cl.O=C(O)C=CC(=O)O. The van der Waals surface area contributed by atoms with E-state index in [1.807, 2.05) is 18.2 Å². The number of rotatable bonds is 5. The molecule has 2 aromatic carbocycles. The standard InChI is InChI=1S/C20H19Cl2N3O.C4H4O4/c21-16-8-7-14(11-17(16)22)26-15-9-12-5-6-13(10-15)25(12)20-23-18-3-1-2-4-19(18)24-20;5-3(6)1-2-4(7)8/h1-4,7-8,11-13,15H,5-6,9-10H2,(H,23,24);1-2H,(H,5,6)(H,7,8). The minimum atomic E-state index is -1.26. The number of carbonyl (C=O) groups is 2. The van der Waals surface area contributed by atoms with Crippen LogP contribution in [0.1, 0.15) is 25.7 Å². The van der Waals surface area contributed by atoms with Crippen molar-refractivity contribution in [1.29, 1.82) is 0 Å². The maximum atomic E-state index is 9.55. The number of fused-ring (bicyclic) bond motifs is 3. The van der Waals surface area contributed by atoms with Crippen LogP contribution in [0.25, 0.3) is 11.0 Å². The van der Waals surface area contributed by atoms with Gasteiger partial charge in [-0.3, -0.25) is 0 Å². The van der Waals surface area contributed by atoms with Crippen LogP contribution >= 0.6 is 23.2 Å². The molecule has 34 heavy (non-hydrogen) atoms. The van der Waals surface area contributed by atoms with Gasteiger partial charge in [0.1, 0.15) is 11.9 Å². The van der Waals surface area contributed by atoms with Crippen molar-refractivity contribution in [2.24, 2.45) is 0 Å². The van der Waals surface area contributed by atoms with Gasteiger partial charge in [-0.1, -0.05) is 35.3 Å². The minimum absolute atomic E-state index is 0.199. The van der Waals surface area contributed by atoms with Crippen LogP contribution in [0.5, 0.6) is 5.75 Å². The van der Waals surface area contributed by atoms with Crippen molar-refractivity contribution in [3.05, 3.63) is 64.7 Å². The van der Waals surface area contributed by atoms with Crippen LogP contribution in [-0.4, -0.2) is 50.3 Å². The van der Waals surface area contributed by atoms with Gasteiger partial charge in [-0.2, -0.15) is 0 Å². The Kier molecular flexibility index (Phi) is 7.29. The first-order valence-electron chi connectivity index (χ1n) is 10.8. The van der Waals surface area contributed by atoms with E-state index in [1.165, 1.54) is 12.8 Å². The molecule has 0 aliphatic carbocycles. The van der Waals surface area contributed by atoms with E-state index in [0.29, 0.717) is 34.3 Å². The van der Waals surface area contributed by atoms with Gasteiger partial charge in [0.2, 0.25) is 5.95 Å². The van der Waals surface area contributed by atoms with E-state index in [-0.39, 0.29) is 6.10 Å². The quantitative estimate of drug-likeness (QED) is 0.411. The number of hydrogen-bond donors (Lipinski definition) is 3. The summed E-state index contributed by atoms with van der Waals surface area (Å²) in [7, 11) is 0. The van der Waals surface area contributed by atoms with E-state index in [4.69, 9.17) is 43.1 Å². The fraction of sp³-hybridized carbons (Fsp3) is 0.292. The molecule has 0 radical (unpaired) electrons. The zero-order chi connectivity index (χ0) is 24.2. The van der Waals surface area contributed by atoms with E-state index in [9.17, 15) is 9.59 Å². The van der Waals surface area contributed by atoms with Crippen LogP contribution in [0.3, 0.4) is 0 Å². The van der Waals surface area contributed by atoms with Crippen molar-refractivity contribution in [1.82, 2.24) is 9.97 Å². The molecule has 2 bridgehead atoms. The van der Waals surface area contributed by atoms with Crippen LogP contribution < -0.4 is 9.64 Å². The number of carboxylic acids is 2. The summed E-state index contributed by atoms with van der Waals surface area (Å²) in [5.74, 6) is -0.729. The third kappa shape index (κ3) is 5.63. The molecular weight excluding hydrogens is 481 g/mol. The van der Waals surface area contributed by atoms with Crippen molar-refractivity contribution in [3.63, 3.8) is 0 Å². The molecule has 1 aromatic heterocycles. The average molecular weight is 504 g/mol. The lowest BCUT2D eigenvalue weighted by molar-refractivity contribution is -0.134. The third-order valence-electron chi connectivity index (χ3n) is 5.87. The molecule has 2 aliphatic heterocycles. The summed E-state index contributed by atoms with van der Waals surface area (Å²) >= 11 is 12.1. The van der Waals surface area contributed by atoms with E-state index < -0.39 is 11.9 Å². The molecule has 2 saturated heterocycles.